The van der Waals surface area contributed by atoms with Gasteiger partial charge < -0.3 is 10.5 Å². The van der Waals surface area contributed by atoms with Crippen molar-refractivity contribution < 1.29 is 4.74 Å². The first-order valence-electron chi connectivity index (χ1n) is 8.22. The first-order chi connectivity index (χ1) is 10.8. The number of ether oxygens (including phenoxy) is 1. The summed E-state index contributed by atoms with van der Waals surface area (Å²) in [5, 5.41) is 0. The monoisotopic (exact) mass is 331 g/mol. The van der Waals surface area contributed by atoms with Crippen LogP contribution in [0.2, 0.25) is 0 Å². The quantitative estimate of drug-likeness (QED) is 0.846. The first-order valence-corrected chi connectivity index (χ1v) is 8.22. The van der Waals surface area contributed by atoms with Gasteiger partial charge in [0.2, 0.25) is 0 Å². The van der Waals surface area contributed by atoms with E-state index in [9.17, 15) is 0 Å². The Morgan fingerprint density at radius 2 is 1.52 bits per heavy atom. The van der Waals surface area contributed by atoms with E-state index in [1.165, 1.54) is 36.8 Å². The molecule has 0 saturated heterocycles. The van der Waals surface area contributed by atoms with Gasteiger partial charge in [-0.05, 0) is 60.8 Å². The molecule has 0 radical (unpaired) electrons. The Labute approximate surface area is 145 Å². The maximum absolute atomic E-state index is 6.48. The SMILES string of the molecule is COc1ccc(C2CCC(C(N)c3ccccc3)CC2)cc1.Cl. The molecule has 3 heteroatoms. The van der Waals surface area contributed by atoms with Crippen molar-refractivity contribution in [3.63, 3.8) is 0 Å². The van der Waals surface area contributed by atoms with Crippen LogP contribution < -0.4 is 10.5 Å². The topological polar surface area (TPSA) is 35.2 Å². The molecule has 2 N–H and O–H groups in total. The van der Waals surface area contributed by atoms with Crippen LogP contribution in [-0.2, 0) is 0 Å². The molecule has 2 nitrogen and oxygen atoms in total. The van der Waals surface area contributed by atoms with Gasteiger partial charge in [0.15, 0.2) is 0 Å². The average molecular weight is 332 g/mol. The van der Waals surface area contributed by atoms with Gasteiger partial charge >= 0.3 is 0 Å². The molecular weight excluding hydrogens is 306 g/mol. The highest BCUT2D eigenvalue weighted by molar-refractivity contribution is 5.85. The largest absolute Gasteiger partial charge is 0.497 e. The van der Waals surface area contributed by atoms with Crippen LogP contribution in [0.5, 0.6) is 5.75 Å². The van der Waals surface area contributed by atoms with Crippen molar-refractivity contribution in [1.29, 1.82) is 0 Å². The summed E-state index contributed by atoms with van der Waals surface area (Å²) in [6.07, 6.45) is 4.90. The fourth-order valence-corrected chi connectivity index (χ4v) is 3.64. The van der Waals surface area contributed by atoms with Crippen LogP contribution in [0.4, 0.5) is 0 Å². The molecule has 0 aromatic heterocycles. The van der Waals surface area contributed by atoms with E-state index in [1.54, 1.807) is 7.11 Å². The van der Waals surface area contributed by atoms with Crippen molar-refractivity contribution in [3.8, 4) is 5.75 Å². The Hall–Kier alpha value is -1.51. The molecule has 2 aromatic rings. The predicted molar refractivity (Wildman–Crippen MR) is 98.3 cm³/mol. The highest BCUT2D eigenvalue weighted by Crippen LogP contribution is 2.40. The standard InChI is InChI=1S/C20H25NO.ClH/c1-22-19-13-11-16(12-14-19)15-7-9-18(10-8-15)20(21)17-5-3-2-4-6-17;/h2-6,11-15,18,20H,7-10,21H2,1H3;1H. The molecule has 23 heavy (non-hydrogen) atoms. The Morgan fingerprint density at radius 1 is 0.913 bits per heavy atom. The predicted octanol–water partition coefficient (Wildman–Crippen LogP) is 5.09. The number of hydrogen-bond donors (Lipinski definition) is 1. The summed E-state index contributed by atoms with van der Waals surface area (Å²) in [6.45, 7) is 0. The van der Waals surface area contributed by atoms with Gasteiger partial charge in [-0.25, -0.2) is 0 Å². The van der Waals surface area contributed by atoms with Crippen LogP contribution >= 0.6 is 12.4 Å². The van der Waals surface area contributed by atoms with Crippen molar-refractivity contribution in [3.05, 3.63) is 65.7 Å². The molecular formula is C20H26ClNO. The second-order valence-corrected chi connectivity index (χ2v) is 6.32. The lowest BCUT2D eigenvalue weighted by molar-refractivity contribution is 0.284. The van der Waals surface area contributed by atoms with Gasteiger partial charge in [0.25, 0.3) is 0 Å². The van der Waals surface area contributed by atoms with E-state index in [4.69, 9.17) is 10.5 Å². The van der Waals surface area contributed by atoms with Crippen LogP contribution in [0.1, 0.15) is 48.8 Å². The van der Waals surface area contributed by atoms with E-state index >= 15 is 0 Å². The molecule has 0 spiro atoms. The van der Waals surface area contributed by atoms with Gasteiger partial charge in [-0.3, -0.25) is 0 Å². The van der Waals surface area contributed by atoms with Gasteiger partial charge in [-0.2, -0.15) is 0 Å². The zero-order chi connectivity index (χ0) is 15.4. The summed E-state index contributed by atoms with van der Waals surface area (Å²) in [4.78, 5) is 0. The molecule has 0 bridgehead atoms. The van der Waals surface area contributed by atoms with E-state index < -0.39 is 0 Å². The number of nitrogens with two attached hydrogens (primary N) is 1. The average Bonchev–Trinajstić information content (AvgIpc) is 2.62. The zero-order valence-electron chi connectivity index (χ0n) is 13.7. The van der Waals surface area contributed by atoms with E-state index in [0.29, 0.717) is 11.8 Å². The molecule has 1 saturated carbocycles. The molecule has 124 valence electrons. The molecule has 0 amide bonds. The maximum atomic E-state index is 6.48. The molecule has 2 aromatic carbocycles. The molecule has 1 aliphatic carbocycles. The van der Waals surface area contributed by atoms with Crippen LogP contribution in [0, 0.1) is 5.92 Å². The minimum Gasteiger partial charge on any atom is -0.497 e. The summed E-state index contributed by atoms with van der Waals surface area (Å²) in [5.74, 6) is 2.21. The molecule has 3 rings (SSSR count). The molecule has 1 atom stereocenters. The lowest BCUT2D eigenvalue weighted by Crippen LogP contribution is -2.25. The van der Waals surface area contributed by atoms with Gasteiger partial charge in [-0.15, -0.1) is 12.4 Å². The Kier molecular flexibility index (Phi) is 6.49. The summed E-state index contributed by atoms with van der Waals surface area (Å²) in [7, 11) is 1.71. The molecule has 1 unspecified atom stereocenters. The van der Waals surface area contributed by atoms with Crippen LogP contribution in [0.25, 0.3) is 0 Å². The normalized spacial score (nSPS) is 22.0. The zero-order valence-corrected chi connectivity index (χ0v) is 14.5. The number of methoxy groups -OCH3 is 1. The minimum atomic E-state index is 0. The second-order valence-electron chi connectivity index (χ2n) is 6.32. The van der Waals surface area contributed by atoms with Crippen molar-refractivity contribution >= 4 is 12.4 Å². The van der Waals surface area contributed by atoms with Crippen LogP contribution in [0.15, 0.2) is 54.6 Å². The van der Waals surface area contributed by atoms with Gasteiger partial charge in [0.1, 0.15) is 5.75 Å². The summed E-state index contributed by atoms with van der Waals surface area (Å²) in [6, 6.07) is 19.3. The Morgan fingerprint density at radius 3 is 2.09 bits per heavy atom. The lowest BCUT2D eigenvalue weighted by atomic mass is 9.75. The fourth-order valence-electron chi connectivity index (χ4n) is 3.64. The van der Waals surface area contributed by atoms with Gasteiger partial charge in [0.05, 0.1) is 7.11 Å². The Balaban J connectivity index is 0.00000192. The van der Waals surface area contributed by atoms with Gasteiger partial charge in [0, 0.05) is 6.04 Å². The highest BCUT2D eigenvalue weighted by atomic mass is 35.5. The smallest absolute Gasteiger partial charge is 0.118 e. The minimum absolute atomic E-state index is 0. The maximum Gasteiger partial charge on any atom is 0.118 e. The molecule has 0 heterocycles. The Bertz CT molecular complexity index is 576. The van der Waals surface area contributed by atoms with E-state index in [2.05, 4.69) is 54.6 Å². The first kappa shape index (κ1) is 17.8. The third-order valence-corrected chi connectivity index (χ3v) is 5.05. The molecule has 0 aliphatic heterocycles. The molecule has 1 aliphatic rings. The van der Waals surface area contributed by atoms with Crippen molar-refractivity contribution in [2.75, 3.05) is 7.11 Å². The highest BCUT2D eigenvalue weighted by Gasteiger charge is 2.27. The number of hydrogen-bond acceptors (Lipinski definition) is 2. The number of rotatable bonds is 4. The van der Waals surface area contributed by atoms with E-state index in [-0.39, 0.29) is 18.4 Å². The number of benzene rings is 2. The van der Waals surface area contributed by atoms with E-state index in [1.807, 2.05) is 0 Å². The summed E-state index contributed by atoms with van der Waals surface area (Å²) in [5.41, 5.74) is 9.19. The van der Waals surface area contributed by atoms with Crippen molar-refractivity contribution in [2.45, 2.75) is 37.6 Å². The molecule has 1 fully saturated rings. The van der Waals surface area contributed by atoms with Gasteiger partial charge in [-0.1, -0.05) is 42.5 Å². The fraction of sp³-hybridized carbons (Fsp3) is 0.400. The van der Waals surface area contributed by atoms with Crippen molar-refractivity contribution in [2.24, 2.45) is 11.7 Å². The number of halogens is 1. The summed E-state index contributed by atoms with van der Waals surface area (Å²) < 4.78 is 5.24. The van der Waals surface area contributed by atoms with E-state index in [0.717, 1.165) is 5.75 Å². The second kappa shape index (κ2) is 8.37. The van der Waals surface area contributed by atoms with Crippen molar-refractivity contribution in [1.82, 2.24) is 0 Å². The third-order valence-electron chi connectivity index (χ3n) is 5.05. The lowest BCUT2D eigenvalue weighted by Gasteiger charge is -2.32. The van der Waals surface area contributed by atoms with Crippen LogP contribution in [-0.4, -0.2) is 7.11 Å². The van der Waals surface area contributed by atoms with Crippen LogP contribution in [0.3, 0.4) is 0 Å². The summed E-state index contributed by atoms with van der Waals surface area (Å²) >= 11 is 0. The third kappa shape index (κ3) is 4.27.